The van der Waals surface area contributed by atoms with E-state index in [-0.39, 0.29) is 23.9 Å². The fraction of sp³-hybridized carbons (Fsp3) is 0.440. The highest BCUT2D eigenvalue weighted by Crippen LogP contribution is 2.25. The minimum absolute atomic E-state index is 0.00555. The number of amides is 2. The summed E-state index contributed by atoms with van der Waals surface area (Å²) >= 11 is 0. The molecule has 2 aromatic carbocycles. The van der Waals surface area contributed by atoms with E-state index in [9.17, 15) is 9.59 Å². The molecule has 0 bridgehead atoms. The lowest BCUT2D eigenvalue weighted by Crippen LogP contribution is -2.45. The first-order chi connectivity index (χ1) is 14.4. The summed E-state index contributed by atoms with van der Waals surface area (Å²) in [6.45, 7) is 9.82. The van der Waals surface area contributed by atoms with Crippen molar-refractivity contribution in [2.24, 2.45) is 5.92 Å². The topological polar surface area (TPSA) is 61.4 Å². The zero-order valence-corrected chi connectivity index (χ0v) is 18.4. The van der Waals surface area contributed by atoms with Crippen molar-refractivity contribution in [3.05, 3.63) is 65.2 Å². The number of anilines is 1. The first-order valence-electron chi connectivity index (χ1n) is 10.9. The van der Waals surface area contributed by atoms with E-state index in [4.69, 9.17) is 0 Å². The molecule has 1 fully saturated rings. The van der Waals surface area contributed by atoms with Gasteiger partial charge in [0.05, 0.1) is 5.56 Å². The summed E-state index contributed by atoms with van der Waals surface area (Å²) in [5.41, 5.74) is 3.41. The molecule has 1 unspecified atom stereocenters. The SMILES string of the molecule is Cc1ccccc1C(=O)NC1CCN(c2ccccc2C(=O)NC(C)C(C)C)CC1. The number of rotatable bonds is 6. The Morgan fingerprint density at radius 3 is 2.13 bits per heavy atom. The normalized spacial score (nSPS) is 15.7. The highest BCUT2D eigenvalue weighted by molar-refractivity contribution is 6.00. The number of hydrogen-bond acceptors (Lipinski definition) is 3. The molecule has 2 amide bonds. The molecule has 5 nitrogen and oxygen atoms in total. The molecule has 5 heteroatoms. The fourth-order valence-corrected chi connectivity index (χ4v) is 3.75. The zero-order valence-electron chi connectivity index (χ0n) is 18.4. The monoisotopic (exact) mass is 407 g/mol. The highest BCUT2D eigenvalue weighted by atomic mass is 16.2. The van der Waals surface area contributed by atoms with E-state index in [1.54, 1.807) is 0 Å². The average Bonchev–Trinajstić information content (AvgIpc) is 2.74. The molecule has 0 aliphatic carbocycles. The van der Waals surface area contributed by atoms with Gasteiger partial charge in [0, 0.05) is 36.4 Å². The zero-order chi connectivity index (χ0) is 21.7. The van der Waals surface area contributed by atoms with Gasteiger partial charge in [0.1, 0.15) is 0 Å². The maximum absolute atomic E-state index is 12.8. The van der Waals surface area contributed by atoms with Crippen LogP contribution in [0, 0.1) is 12.8 Å². The highest BCUT2D eigenvalue weighted by Gasteiger charge is 2.25. The smallest absolute Gasteiger partial charge is 0.253 e. The minimum Gasteiger partial charge on any atom is -0.371 e. The lowest BCUT2D eigenvalue weighted by atomic mass is 10.0. The lowest BCUT2D eigenvalue weighted by Gasteiger charge is -2.35. The van der Waals surface area contributed by atoms with Crippen LogP contribution in [0.1, 0.15) is 59.9 Å². The van der Waals surface area contributed by atoms with E-state index in [0.29, 0.717) is 11.5 Å². The van der Waals surface area contributed by atoms with Crippen molar-refractivity contribution in [2.45, 2.75) is 52.6 Å². The van der Waals surface area contributed by atoms with E-state index in [1.807, 2.05) is 62.4 Å². The molecular formula is C25H33N3O2. The quantitative estimate of drug-likeness (QED) is 0.756. The number of nitrogens with zero attached hydrogens (tertiary/aromatic N) is 1. The predicted octanol–water partition coefficient (Wildman–Crippen LogP) is 4.17. The Morgan fingerprint density at radius 2 is 1.50 bits per heavy atom. The third-order valence-corrected chi connectivity index (χ3v) is 6.07. The van der Waals surface area contributed by atoms with Gasteiger partial charge in [0.2, 0.25) is 0 Å². The van der Waals surface area contributed by atoms with Crippen LogP contribution in [0.15, 0.2) is 48.5 Å². The standard InChI is InChI=1S/C25H33N3O2/c1-17(2)19(4)26-25(30)22-11-7-8-12-23(22)28-15-13-20(14-16-28)27-24(29)21-10-6-5-9-18(21)3/h5-12,17,19-20H,13-16H2,1-4H3,(H,26,30)(H,27,29). The molecule has 0 spiro atoms. The minimum atomic E-state index is -0.0261. The number of piperidine rings is 1. The number of nitrogens with one attached hydrogen (secondary N) is 2. The van der Waals surface area contributed by atoms with Crippen LogP contribution >= 0.6 is 0 Å². The summed E-state index contributed by atoms with van der Waals surface area (Å²) in [5, 5.41) is 6.29. The molecule has 3 rings (SSSR count). The second kappa shape index (κ2) is 9.79. The van der Waals surface area contributed by atoms with Gasteiger partial charge >= 0.3 is 0 Å². The third kappa shape index (κ3) is 5.21. The van der Waals surface area contributed by atoms with Gasteiger partial charge in [-0.3, -0.25) is 9.59 Å². The van der Waals surface area contributed by atoms with Crippen LogP contribution in [-0.4, -0.2) is 37.0 Å². The number of carbonyl (C=O) groups is 2. The third-order valence-electron chi connectivity index (χ3n) is 6.07. The summed E-state index contributed by atoms with van der Waals surface area (Å²) in [5.74, 6) is 0.351. The first-order valence-corrected chi connectivity index (χ1v) is 10.9. The summed E-state index contributed by atoms with van der Waals surface area (Å²) < 4.78 is 0. The average molecular weight is 408 g/mol. The van der Waals surface area contributed by atoms with Crippen LogP contribution in [0.4, 0.5) is 5.69 Å². The lowest BCUT2D eigenvalue weighted by molar-refractivity contribution is 0.0924. The van der Waals surface area contributed by atoms with Gasteiger partial charge in [-0.25, -0.2) is 0 Å². The molecule has 1 aliphatic heterocycles. The van der Waals surface area contributed by atoms with Crippen LogP contribution in [0.3, 0.4) is 0 Å². The van der Waals surface area contributed by atoms with Crippen LogP contribution in [0.25, 0.3) is 0 Å². The van der Waals surface area contributed by atoms with E-state index < -0.39 is 0 Å². The molecule has 1 aliphatic rings. The van der Waals surface area contributed by atoms with E-state index in [0.717, 1.165) is 42.7 Å². The Labute approximate surface area is 179 Å². The molecular weight excluding hydrogens is 374 g/mol. The molecule has 0 radical (unpaired) electrons. The van der Waals surface area contributed by atoms with Crippen molar-refractivity contribution in [1.82, 2.24) is 10.6 Å². The molecule has 0 aromatic heterocycles. The molecule has 0 saturated carbocycles. The molecule has 2 aromatic rings. The van der Waals surface area contributed by atoms with Gasteiger partial charge in [-0.05, 0) is 56.4 Å². The Balaban J connectivity index is 1.62. The summed E-state index contributed by atoms with van der Waals surface area (Å²) in [4.78, 5) is 27.7. The Bertz CT molecular complexity index is 885. The number of carbonyl (C=O) groups excluding carboxylic acids is 2. The van der Waals surface area contributed by atoms with Gasteiger partial charge in [-0.15, -0.1) is 0 Å². The molecule has 30 heavy (non-hydrogen) atoms. The second-order valence-electron chi connectivity index (χ2n) is 8.57. The van der Waals surface area contributed by atoms with Crippen LogP contribution in [-0.2, 0) is 0 Å². The van der Waals surface area contributed by atoms with E-state index in [2.05, 4.69) is 29.4 Å². The summed E-state index contributed by atoms with van der Waals surface area (Å²) in [6, 6.07) is 15.7. The van der Waals surface area contributed by atoms with Crippen molar-refractivity contribution in [3.8, 4) is 0 Å². The number of hydrogen-bond donors (Lipinski definition) is 2. The van der Waals surface area contributed by atoms with Gasteiger partial charge in [0.15, 0.2) is 0 Å². The fourth-order valence-electron chi connectivity index (χ4n) is 3.75. The Morgan fingerprint density at radius 1 is 0.900 bits per heavy atom. The van der Waals surface area contributed by atoms with Gasteiger partial charge in [0.25, 0.3) is 11.8 Å². The van der Waals surface area contributed by atoms with E-state index >= 15 is 0 Å². The molecule has 1 heterocycles. The molecule has 1 saturated heterocycles. The number of aryl methyl sites for hydroxylation is 1. The van der Waals surface area contributed by atoms with Crippen LogP contribution in [0.2, 0.25) is 0 Å². The predicted molar refractivity (Wildman–Crippen MR) is 122 cm³/mol. The second-order valence-corrected chi connectivity index (χ2v) is 8.57. The van der Waals surface area contributed by atoms with Gasteiger partial charge in [-0.1, -0.05) is 44.2 Å². The van der Waals surface area contributed by atoms with Crippen molar-refractivity contribution in [2.75, 3.05) is 18.0 Å². The van der Waals surface area contributed by atoms with Gasteiger partial charge < -0.3 is 15.5 Å². The largest absolute Gasteiger partial charge is 0.371 e. The maximum atomic E-state index is 12.8. The Kier molecular flexibility index (Phi) is 7.14. The summed E-state index contributed by atoms with van der Waals surface area (Å²) in [7, 11) is 0. The van der Waals surface area contributed by atoms with Crippen molar-refractivity contribution in [1.29, 1.82) is 0 Å². The van der Waals surface area contributed by atoms with Crippen LogP contribution < -0.4 is 15.5 Å². The van der Waals surface area contributed by atoms with Crippen LogP contribution in [0.5, 0.6) is 0 Å². The van der Waals surface area contributed by atoms with Gasteiger partial charge in [-0.2, -0.15) is 0 Å². The summed E-state index contributed by atoms with van der Waals surface area (Å²) in [6.07, 6.45) is 1.71. The van der Waals surface area contributed by atoms with Crippen molar-refractivity contribution < 1.29 is 9.59 Å². The Hall–Kier alpha value is -2.82. The molecule has 1 atom stereocenters. The molecule has 2 N–H and O–H groups in total. The first kappa shape index (κ1) is 21.9. The van der Waals surface area contributed by atoms with Crippen molar-refractivity contribution in [3.63, 3.8) is 0 Å². The van der Waals surface area contributed by atoms with Crippen molar-refractivity contribution >= 4 is 17.5 Å². The van der Waals surface area contributed by atoms with E-state index in [1.165, 1.54) is 0 Å². The maximum Gasteiger partial charge on any atom is 0.253 e. The number of para-hydroxylation sites is 1. The number of benzene rings is 2. The molecule has 160 valence electrons.